The van der Waals surface area contributed by atoms with E-state index in [2.05, 4.69) is 30.4 Å². The summed E-state index contributed by atoms with van der Waals surface area (Å²) in [6.07, 6.45) is 1.30. The fraction of sp³-hybridized carbons (Fsp3) is 0.182. The molecule has 138 valence electrons. The van der Waals surface area contributed by atoms with E-state index < -0.39 is 0 Å². The number of nitrogens with one attached hydrogen (secondary N) is 1. The van der Waals surface area contributed by atoms with E-state index in [1.165, 1.54) is 12.3 Å². The topological polar surface area (TPSA) is 81.9 Å². The number of rotatable bonds is 4. The van der Waals surface area contributed by atoms with Gasteiger partial charge in [0.2, 0.25) is 0 Å². The molecule has 3 rings (SSSR count). The van der Waals surface area contributed by atoms with E-state index in [9.17, 15) is 15.0 Å². The number of fused-ring (bicyclic) bond motifs is 1. The van der Waals surface area contributed by atoms with Crippen molar-refractivity contribution < 1.29 is 15.0 Å². The van der Waals surface area contributed by atoms with Crippen molar-refractivity contribution in [1.82, 2.24) is 5.43 Å². The van der Waals surface area contributed by atoms with Gasteiger partial charge >= 0.3 is 0 Å². The Hall–Kier alpha value is -3.34. The molecule has 0 fully saturated rings. The van der Waals surface area contributed by atoms with Crippen molar-refractivity contribution in [2.24, 2.45) is 5.10 Å². The van der Waals surface area contributed by atoms with Crippen molar-refractivity contribution in [2.45, 2.75) is 26.7 Å². The highest BCUT2D eigenvalue weighted by Crippen LogP contribution is 2.33. The lowest BCUT2D eigenvalue weighted by molar-refractivity contribution is 0.0956. The number of phenols is 2. The third kappa shape index (κ3) is 3.77. The second kappa shape index (κ2) is 7.50. The third-order valence-electron chi connectivity index (χ3n) is 4.56. The maximum atomic E-state index is 12.7. The Morgan fingerprint density at radius 3 is 2.56 bits per heavy atom. The van der Waals surface area contributed by atoms with Gasteiger partial charge in [-0.05, 0) is 53.3 Å². The van der Waals surface area contributed by atoms with Crippen LogP contribution in [-0.2, 0) is 0 Å². The van der Waals surface area contributed by atoms with E-state index in [1.54, 1.807) is 12.1 Å². The lowest BCUT2D eigenvalue weighted by atomic mass is 10.0. The van der Waals surface area contributed by atoms with Gasteiger partial charge < -0.3 is 10.2 Å². The maximum absolute atomic E-state index is 12.7. The van der Waals surface area contributed by atoms with Crippen LogP contribution in [0.1, 0.15) is 46.8 Å². The van der Waals surface area contributed by atoms with Gasteiger partial charge in [0.15, 0.2) is 11.5 Å². The molecular formula is C22H22N2O3. The Kier molecular flexibility index (Phi) is 5.12. The minimum Gasteiger partial charge on any atom is -0.504 e. The second-order valence-corrected chi connectivity index (χ2v) is 6.81. The molecule has 2 aliphatic rings. The van der Waals surface area contributed by atoms with Gasteiger partial charge in [-0.2, -0.15) is 5.10 Å². The minimum atomic E-state index is -0.329. The summed E-state index contributed by atoms with van der Waals surface area (Å²) in [5.74, 6) is -0.501. The average Bonchev–Trinajstić information content (AvgIpc) is 2.81. The van der Waals surface area contributed by atoms with Crippen molar-refractivity contribution in [3.05, 3.63) is 70.8 Å². The van der Waals surface area contributed by atoms with Crippen LogP contribution < -0.4 is 5.43 Å². The summed E-state index contributed by atoms with van der Waals surface area (Å²) in [5, 5.41) is 23.2. The Bertz CT molecular complexity index is 993. The van der Waals surface area contributed by atoms with Gasteiger partial charge in [0.25, 0.3) is 5.91 Å². The number of aryl methyl sites for hydroxylation is 1. The molecule has 5 heteroatoms. The number of hydrogen-bond acceptors (Lipinski definition) is 4. The fourth-order valence-corrected chi connectivity index (χ4v) is 3.00. The Balaban J connectivity index is 1.89. The Labute approximate surface area is 158 Å². The smallest absolute Gasteiger partial charge is 0.272 e. The number of para-hydroxylation sites is 1. The number of hydrazone groups is 1. The normalized spacial score (nSPS) is 11.4. The summed E-state index contributed by atoms with van der Waals surface area (Å²) < 4.78 is 0. The predicted octanol–water partition coefficient (Wildman–Crippen LogP) is 4.40. The third-order valence-corrected chi connectivity index (χ3v) is 4.56. The first kappa shape index (κ1) is 18.5. The molecule has 0 bridgehead atoms. The molecule has 1 amide bonds. The summed E-state index contributed by atoms with van der Waals surface area (Å²) >= 11 is 0. The molecule has 1 aromatic carbocycles. The van der Waals surface area contributed by atoms with Gasteiger partial charge in [0, 0.05) is 11.1 Å². The Morgan fingerprint density at radius 2 is 1.81 bits per heavy atom. The van der Waals surface area contributed by atoms with Crippen LogP contribution in [0.25, 0.3) is 11.1 Å². The monoisotopic (exact) mass is 362 g/mol. The van der Waals surface area contributed by atoms with Crippen LogP contribution in [0.2, 0.25) is 0 Å². The number of aromatic hydroxyl groups is 2. The summed E-state index contributed by atoms with van der Waals surface area (Å²) in [7, 11) is 0. The first-order valence-electron chi connectivity index (χ1n) is 8.76. The van der Waals surface area contributed by atoms with Gasteiger partial charge in [-0.1, -0.05) is 44.2 Å². The average molecular weight is 362 g/mol. The first-order chi connectivity index (χ1) is 12.9. The number of carbonyl (C=O) groups is 1. The maximum Gasteiger partial charge on any atom is 0.272 e. The van der Waals surface area contributed by atoms with Crippen LogP contribution in [0.15, 0.2) is 53.6 Å². The van der Waals surface area contributed by atoms with E-state index in [4.69, 9.17) is 0 Å². The van der Waals surface area contributed by atoms with Crippen LogP contribution in [0.3, 0.4) is 0 Å². The second-order valence-electron chi connectivity index (χ2n) is 6.81. The molecular weight excluding hydrogens is 340 g/mol. The zero-order chi connectivity index (χ0) is 19.6. The molecule has 27 heavy (non-hydrogen) atoms. The van der Waals surface area contributed by atoms with Crippen LogP contribution in [0.5, 0.6) is 11.5 Å². The number of phenolic OH excluding ortho intramolecular Hbond substituents is 2. The molecule has 5 nitrogen and oxygen atoms in total. The highest BCUT2D eigenvalue weighted by atomic mass is 16.3. The number of benzene rings is 1. The van der Waals surface area contributed by atoms with E-state index in [-0.39, 0.29) is 17.4 Å². The number of hydrogen-bond donors (Lipinski definition) is 3. The zero-order valence-electron chi connectivity index (χ0n) is 15.5. The predicted molar refractivity (Wildman–Crippen MR) is 107 cm³/mol. The molecule has 3 N–H and O–H groups in total. The van der Waals surface area contributed by atoms with Crippen LogP contribution in [0, 0.1) is 6.92 Å². The minimum absolute atomic E-state index is 0.239. The van der Waals surface area contributed by atoms with E-state index >= 15 is 0 Å². The lowest BCUT2D eigenvalue weighted by Crippen LogP contribution is -2.17. The van der Waals surface area contributed by atoms with Gasteiger partial charge in [0.05, 0.1) is 6.21 Å². The lowest BCUT2D eigenvalue weighted by Gasteiger charge is -2.05. The van der Waals surface area contributed by atoms with Crippen LogP contribution in [0.4, 0.5) is 0 Å². The summed E-state index contributed by atoms with van der Waals surface area (Å²) in [6.45, 7) is 6.20. The van der Waals surface area contributed by atoms with E-state index in [1.807, 2.05) is 31.2 Å². The van der Waals surface area contributed by atoms with E-state index in [0.717, 1.165) is 22.3 Å². The SMILES string of the molecule is Cc1cc(C(=O)N/N=C/c2cccc(O)c2O)c2cc(C(C)C)cccc1-2. The van der Waals surface area contributed by atoms with Crippen molar-refractivity contribution in [2.75, 3.05) is 0 Å². The molecule has 0 saturated carbocycles. The van der Waals surface area contributed by atoms with Crippen molar-refractivity contribution in [3.8, 4) is 22.6 Å². The number of carbonyl (C=O) groups excluding carboxylic acids is 1. The largest absolute Gasteiger partial charge is 0.504 e. The highest BCUT2D eigenvalue weighted by Gasteiger charge is 2.18. The van der Waals surface area contributed by atoms with Crippen LogP contribution >= 0.6 is 0 Å². The molecule has 0 aromatic heterocycles. The molecule has 2 aliphatic carbocycles. The van der Waals surface area contributed by atoms with Crippen molar-refractivity contribution in [1.29, 1.82) is 0 Å². The molecule has 0 saturated heterocycles. The van der Waals surface area contributed by atoms with Gasteiger partial charge in [-0.3, -0.25) is 4.79 Å². The zero-order valence-corrected chi connectivity index (χ0v) is 15.5. The summed E-state index contributed by atoms with van der Waals surface area (Å²) in [6, 6.07) is 14.5. The Morgan fingerprint density at radius 1 is 1.07 bits per heavy atom. The summed E-state index contributed by atoms with van der Waals surface area (Å²) in [5.41, 5.74) is 7.45. The molecule has 1 aromatic rings. The molecule has 0 heterocycles. The first-order valence-corrected chi connectivity index (χ1v) is 8.76. The molecule has 0 spiro atoms. The van der Waals surface area contributed by atoms with Gasteiger partial charge in [0.1, 0.15) is 0 Å². The molecule has 0 unspecified atom stereocenters. The number of nitrogens with zero attached hydrogens (tertiary/aromatic N) is 1. The highest BCUT2D eigenvalue weighted by molar-refractivity contribution is 6.03. The quantitative estimate of drug-likeness (QED) is 0.365. The summed E-state index contributed by atoms with van der Waals surface area (Å²) in [4.78, 5) is 12.7. The number of amides is 1. The molecule has 0 atom stereocenters. The van der Waals surface area contributed by atoms with Gasteiger partial charge in [-0.15, -0.1) is 0 Å². The van der Waals surface area contributed by atoms with Gasteiger partial charge in [-0.25, -0.2) is 5.43 Å². The fourth-order valence-electron chi connectivity index (χ4n) is 3.00. The molecule has 0 aliphatic heterocycles. The standard InChI is InChI=1S/C22H22N2O3/c1-13(2)15-6-4-8-17-14(3)10-19(18(17)11-15)22(27)24-23-12-16-7-5-9-20(25)21(16)26/h4-13,25-26H,1-3H3,(H,24,27)/b23-12+. The molecule has 0 radical (unpaired) electrons. The van der Waals surface area contributed by atoms with E-state index in [0.29, 0.717) is 17.0 Å². The van der Waals surface area contributed by atoms with Crippen molar-refractivity contribution in [3.63, 3.8) is 0 Å². The van der Waals surface area contributed by atoms with Crippen LogP contribution in [-0.4, -0.2) is 22.3 Å². The van der Waals surface area contributed by atoms with Crippen molar-refractivity contribution >= 4 is 12.1 Å².